The van der Waals surface area contributed by atoms with E-state index >= 15 is 0 Å². The topological polar surface area (TPSA) is 90.7 Å². The average Bonchev–Trinajstić information content (AvgIpc) is 2.42. The number of hydrogen-bond donors (Lipinski definition) is 1. The number of carbonyl (C=O) groups is 1. The van der Waals surface area contributed by atoms with E-state index in [1.807, 2.05) is 0 Å². The minimum absolute atomic E-state index is 0.323. The van der Waals surface area contributed by atoms with Gasteiger partial charge in [0.25, 0.3) is 5.56 Å². The summed E-state index contributed by atoms with van der Waals surface area (Å²) >= 11 is 0. The van der Waals surface area contributed by atoms with Gasteiger partial charge in [-0.05, 0) is 12.1 Å². The number of aliphatic carboxylic acids is 1. The molecule has 0 aromatic carbocycles. The first-order valence-corrected chi connectivity index (χ1v) is 5.94. The number of carboxylic acids is 1. The van der Waals surface area contributed by atoms with E-state index in [2.05, 4.69) is 4.98 Å². The molecule has 2 heterocycles. The predicted molar refractivity (Wildman–Crippen MR) is 71.0 cm³/mol. The summed E-state index contributed by atoms with van der Waals surface area (Å²) in [5, 5.41) is 9.07. The van der Waals surface area contributed by atoms with Crippen molar-refractivity contribution in [2.24, 2.45) is 0 Å². The number of carboxylic acid groups (broad SMARTS) is 1. The van der Waals surface area contributed by atoms with Crippen molar-refractivity contribution < 1.29 is 19.4 Å². The van der Waals surface area contributed by atoms with Crippen molar-refractivity contribution in [1.29, 1.82) is 0 Å². The quantitative estimate of drug-likeness (QED) is 0.774. The maximum absolute atomic E-state index is 12.1. The van der Waals surface area contributed by atoms with Crippen molar-refractivity contribution >= 4 is 16.9 Å². The fourth-order valence-corrected chi connectivity index (χ4v) is 1.74. The Labute approximate surface area is 114 Å². The Kier molecular flexibility index (Phi) is 4.31. The third-order valence-electron chi connectivity index (χ3n) is 2.66. The zero-order valence-corrected chi connectivity index (χ0v) is 10.9. The summed E-state index contributed by atoms with van der Waals surface area (Å²) in [5.41, 5.74) is 0.0883. The zero-order valence-electron chi connectivity index (χ0n) is 10.9. The molecule has 0 radical (unpaired) electrons. The van der Waals surface area contributed by atoms with E-state index in [1.165, 1.54) is 12.4 Å². The molecule has 0 atom stereocenters. The number of fused-ring (bicyclic) bond motifs is 1. The first-order chi connectivity index (χ1) is 9.61. The smallest absolute Gasteiger partial charge is 0.323 e. The number of rotatable bonds is 6. The molecule has 0 bridgehead atoms. The molecule has 0 aliphatic heterocycles. The summed E-state index contributed by atoms with van der Waals surface area (Å²) in [5.74, 6) is -0.633. The first-order valence-electron chi connectivity index (χ1n) is 5.94. The summed E-state index contributed by atoms with van der Waals surface area (Å²) < 4.78 is 11.4. The lowest BCUT2D eigenvalue weighted by atomic mass is 10.2. The molecule has 0 saturated carbocycles. The average molecular weight is 278 g/mol. The molecule has 0 unspecified atom stereocenters. The molecule has 0 aliphatic carbocycles. The van der Waals surface area contributed by atoms with Crippen molar-refractivity contribution in [3.8, 4) is 5.75 Å². The lowest BCUT2D eigenvalue weighted by Gasteiger charge is -2.07. The summed E-state index contributed by atoms with van der Waals surface area (Å²) in [6.45, 7) is 0.388. The van der Waals surface area contributed by atoms with Gasteiger partial charge < -0.3 is 19.1 Å². The minimum Gasteiger partial charge on any atom is -0.490 e. The first kappa shape index (κ1) is 14.0. The fourth-order valence-electron chi connectivity index (χ4n) is 1.74. The molecule has 0 saturated heterocycles. The lowest BCUT2D eigenvalue weighted by molar-refractivity contribution is -0.137. The Hall–Kier alpha value is -2.41. The number of aromatic nitrogens is 2. The summed E-state index contributed by atoms with van der Waals surface area (Å²) in [7, 11) is 1.56. The van der Waals surface area contributed by atoms with Crippen molar-refractivity contribution in [3.63, 3.8) is 0 Å². The van der Waals surface area contributed by atoms with Gasteiger partial charge in [0.15, 0.2) is 0 Å². The van der Waals surface area contributed by atoms with E-state index in [4.69, 9.17) is 14.6 Å². The van der Waals surface area contributed by atoms with Crippen LogP contribution in [0.5, 0.6) is 5.75 Å². The summed E-state index contributed by atoms with van der Waals surface area (Å²) in [4.78, 5) is 26.9. The van der Waals surface area contributed by atoms with E-state index in [9.17, 15) is 9.59 Å². The Morgan fingerprint density at radius 2 is 2.25 bits per heavy atom. The molecule has 7 heteroatoms. The molecular weight excluding hydrogens is 264 g/mol. The Morgan fingerprint density at radius 3 is 2.95 bits per heavy atom. The van der Waals surface area contributed by atoms with Gasteiger partial charge in [0.05, 0.1) is 23.7 Å². The van der Waals surface area contributed by atoms with Gasteiger partial charge in [-0.15, -0.1) is 0 Å². The molecule has 2 aromatic heterocycles. The highest BCUT2D eigenvalue weighted by molar-refractivity contribution is 5.78. The Morgan fingerprint density at radius 1 is 1.45 bits per heavy atom. The van der Waals surface area contributed by atoms with Crippen LogP contribution in [0.2, 0.25) is 0 Å². The number of nitrogens with zero attached hydrogens (tertiary/aromatic N) is 2. The second-order valence-corrected chi connectivity index (χ2v) is 4.09. The van der Waals surface area contributed by atoms with E-state index in [0.717, 1.165) is 4.57 Å². The van der Waals surface area contributed by atoms with Crippen LogP contribution in [-0.4, -0.2) is 41.0 Å². The van der Waals surface area contributed by atoms with Gasteiger partial charge in [-0.3, -0.25) is 14.6 Å². The van der Waals surface area contributed by atoms with Crippen molar-refractivity contribution in [3.05, 3.63) is 34.9 Å². The second-order valence-electron chi connectivity index (χ2n) is 4.09. The second kappa shape index (κ2) is 6.16. The van der Waals surface area contributed by atoms with Crippen molar-refractivity contribution in [2.45, 2.75) is 6.54 Å². The molecule has 0 fully saturated rings. The number of methoxy groups -OCH3 is 1. The van der Waals surface area contributed by atoms with Crippen molar-refractivity contribution in [2.75, 3.05) is 20.3 Å². The van der Waals surface area contributed by atoms with E-state index < -0.39 is 11.5 Å². The fraction of sp³-hybridized carbons (Fsp3) is 0.308. The maximum atomic E-state index is 12.1. The van der Waals surface area contributed by atoms with Crippen LogP contribution in [-0.2, 0) is 16.1 Å². The maximum Gasteiger partial charge on any atom is 0.323 e. The van der Waals surface area contributed by atoms with Gasteiger partial charge in [-0.2, -0.15) is 0 Å². The lowest BCUT2D eigenvalue weighted by Crippen LogP contribution is -2.23. The van der Waals surface area contributed by atoms with Crippen LogP contribution in [0, 0.1) is 0 Å². The Bertz CT molecular complexity index is 680. The van der Waals surface area contributed by atoms with Crippen LogP contribution < -0.4 is 10.3 Å². The minimum atomic E-state index is -1.08. The Balaban J connectivity index is 2.36. The van der Waals surface area contributed by atoms with E-state index in [1.54, 1.807) is 19.2 Å². The third-order valence-corrected chi connectivity index (χ3v) is 2.66. The molecule has 7 nitrogen and oxygen atoms in total. The van der Waals surface area contributed by atoms with Crippen LogP contribution in [0.1, 0.15) is 0 Å². The van der Waals surface area contributed by atoms with E-state index in [-0.39, 0.29) is 6.54 Å². The van der Waals surface area contributed by atoms with Crippen LogP contribution in [0.3, 0.4) is 0 Å². The third kappa shape index (κ3) is 3.12. The largest absolute Gasteiger partial charge is 0.490 e. The SMILES string of the molecule is COCCOc1cnc2ccn(CC(=O)O)c(=O)c2c1. The normalized spacial score (nSPS) is 10.7. The van der Waals surface area contributed by atoms with Gasteiger partial charge in [-0.25, -0.2) is 0 Å². The highest BCUT2D eigenvalue weighted by atomic mass is 16.5. The molecule has 2 rings (SSSR count). The number of hydrogen-bond acceptors (Lipinski definition) is 5. The number of ether oxygens (including phenoxy) is 2. The van der Waals surface area contributed by atoms with E-state index in [0.29, 0.717) is 29.9 Å². The predicted octanol–water partition coefficient (Wildman–Crippen LogP) is 0.506. The highest BCUT2D eigenvalue weighted by Gasteiger charge is 2.08. The van der Waals surface area contributed by atoms with Gasteiger partial charge in [0, 0.05) is 13.3 Å². The molecule has 2 aromatic rings. The van der Waals surface area contributed by atoms with Crippen LogP contribution in [0.15, 0.2) is 29.3 Å². The zero-order chi connectivity index (χ0) is 14.5. The van der Waals surface area contributed by atoms with Gasteiger partial charge >= 0.3 is 5.97 Å². The molecule has 1 N–H and O–H groups in total. The van der Waals surface area contributed by atoms with Gasteiger partial charge in [-0.1, -0.05) is 0 Å². The molecule has 0 aliphatic rings. The monoisotopic (exact) mass is 278 g/mol. The highest BCUT2D eigenvalue weighted by Crippen LogP contribution is 2.15. The van der Waals surface area contributed by atoms with Crippen molar-refractivity contribution in [1.82, 2.24) is 9.55 Å². The van der Waals surface area contributed by atoms with Gasteiger partial charge in [0.1, 0.15) is 18.9 Å². The summed E-state index contributed by atoms with van der Waals surface area (Å²) in [6.07, 6.45) is 2.93. The van der Waals surface area contributed by atoms with Crippen LogP contribution >= 0.6 is 0 Å². The van der Waals surface area contributed by atoms with Crippen LogP contribution in [0.4, 0.5) is 0 Å². The molecule has 106 valence electrons. The summed E-state index contributed by atoms with van der Waals surface area (Å²) in [6, 6.07) is 3.15. The van der Waals surface area contributed by atoms with Crippen LogP contribution in [0.25, 0.3) is 10.9 Å². The molecule has 0 amide bonds. The molecule has 0 spiro atoms. The molecular formula is C13H14N2O5. The number of pyridine rings is 2. The molecule has 20 heavy (non-hydrogen) atoms. The van der Waals surface area contributed by atoms with Gasteiger partial charge in [0.2, 0.25) is 0 Å². The standard InChI is InChI=1S/C13H14N2O5/c1-19-4-5-20-9-6-10-11(14-7-9)2-3-15(13(10)18)8-12(16)17/h2-3,6-7H,4-5,8H2,1H3,(H,16,17).